The number of benzene rings is 1. The first kappa shape index (κ1) is 18.6. The number of aromatic amines is 1. The Labute approximate surface area is 150 Å². The molecule has 0 fully saturated rings. The van der Waals surface area contributed by atoms with Gasteiger partial charge in [-0.1, -0.05) is 17.3 Å². The number of rotatable bonds is 5. The average molecular weight is 379 g/mol. The number of aromatic nitrogens is 4. The Balaban J connectivity index is 1.95. The van der Waals surface area contributed by atoms with Gasteiger partial charge in [0.25, 0.3) is 0 Å². The van der Waals surface area contributed by atoms with Crippen LogP contribution < -0.4 is 11.0 Å². The number of nitrogens with zero attached hydrogens (tertiary/aromatic N) is 3. The van der Waals surface area contributed by atoms with Gasteiger partial charge in [0.15, 0.2) is 0 Å². The van der Waals surface area contributed by atoms with Crippen LogP contribution >= 0.6 is 0 Å². The molecule has 0 amide bonds. The minimum atomic E-state index is -4.42. The molecular weight excluding hydrogens is 366 g/mol. The third-order valence-electron chi connectivity index (χ3n) is 3.52. The summed E-state index contributed by atoms with van der Waals surface area (Å²) in [5.41, 5.74) is 0.331. The van der Waals surface area contributed by atoms with Crippen LogP contribution in [0.3, 0.4) is 0 Å². The highest BCUT2D eigenvalue weighted by molar-refractivity contribution is 6.52. The molecule has 3 N–H and O–H groups in total. The van der Waals surface area contributed by atoms with Gasteiger partial charge in [-0.05, 0) is 24.5 Å². The normalized spacial score (nSPS) is 11.4. The maximum atomic E-state index is 12.7. The van der Waals surface area contributed by atoms with E-state index in [1.165, 1.54) is 25.2 Å². The standard InChI is InChI=1S/C15H13BF3N5O3/c1-16(26)23-11-7-20-10(12(21-11)13-22-14(25)27-24-13)6-8-2-4-9(5-3-8)15(17,18)19/h2-5,7,26H,6H2,1H3,(H,21,23)(H,22,24,25). The van der Waals surface area contributed by atoms with Crippen molar-refractivity contribution in [3.8, 4) is 11.5 Å². The van der Waals surface area contributed by atoms with Crippen LogP contribution in [-0.2, 0) is 12.6 Å². The third-order valence-corrected chi connectivity index (χ3v) is 3.52. The molecule has 0 spiro atoms. The summed E-state index contributed by atoms with van der Waals surface area (Å²) in [6.45, 7) is 1.48. The van der Waals surface area contributed by atoms with Crippen LogP contribution in [0.1, 0.15) is 16.8 Å². The Morgan fingerprint density at radius 2 is 2.00 bits per heavy atom. The summed E-state index contributed by atoms with van der Waals surface area (Å²) in [5.74, 6) is -0.551. The molecular formula is C15H13BF3N5O3. The van der Waals surface area contributed by atoms with Crippen molar-refractivity contribution < 1.29 is 22.7 Å². The second kappa shape index (κ2) is 7.23. The molecule has 0 aliphatic carbocycles. The lowest BCUT2D eigenvalue weighted by molar-refractivity contribution is -0.137. The van der Waals surface area contributed by atoms with Gasteiger partial charge in [-0.25, -0.2) is 9.78 Å². The summed E-state index contributed by atoms with van der Waals surface area (Å²) in [5, 5.41) is 15.6. The molecule has 3 aromatic rings. The highest BCUT2D eigenvalue weighted by atomic mass is 19.4. The van der Waals surface area contributed by atoms with Gasteiger partial charge in [0, 0.05) is 6.42 Å². The van der Waals surface area contributed by atoms with Crippen molar-refractivity contribution in [1.82, 2.24) is 20.1 Å². The fourth-order valence-corrected chi connectivity index (χ4v) is 2.35. The minimum absolute atomic E-state index is 0.0173. The molecule has 1 aromatic carbocycles. The Bertz CT molecular complexity index is 985. The molecule has 0 aliphatic heterocycles. The molecule has 0 unspecified atom stereocenters. The van der Waals surface area contributed by atoms with E-state index in [-0.39, 0.29) is 23.8 Å². The first-order valence-electron chi connectivity index (χ1n) is 7.75. The van der Waals surface area contributed by atoms with Gasteiger partial charge in [0.2, 0.25) is 5.82 Å². The van der Waals surface area contributed by atoms with Crippen LogP contribution in [-0.4, -0.2) is 32.2 Å². The number of hydrogen-bond donors (Lipinski definition) is 3. The van der Waals surface area contributed by atoms with E-state index < -0.39 is 24.5 Å². The zero-order valence-corrected chi connectivity index (χ0v) is 13.9. The largest absolute Gasteiger partial charge is 0.439 e. The molecule has 8 nitrogen and oxygen atoms in total. The fourth-order valence-electron chi connectivity index (χ4n) is 2.35. The number of halogens is 3. The Morgan fingerprint density at radius 3 is 2.56 bits per heavy atom. The molecule has 0 saturated heterocycles. The van der Waals surface area contributed by atoms with E-state index in [0.717, 1.165) is 12.1 Å². The van der Waals surface area contributed by atoms with E-state index in [0.29, 0.717) is 11.3 Å². The lowest BCUT2D eigenvalue weighted by atomic mass is 9.89. The van der Waals surface area contributed by atoms with Gasteiger partial charge in [-0.2, -0.15) is 13.2 Å². The summed E-state index contributed by atoms with van der Waals surface area (Å²) < 4.78 is 42.5. The van der Waals surface area contributed by atoms with Crippen LogP contribution in [0.15, 0.2) is 39.8 Å². The lowest BCUT2D eigenvalue weighted by Gasteiger charge is -2.11. The van der Waals surface area contributed by atoms with Crippen LogP contribution in [0.2, 0.25) is 6.82 Å². The van der Waals surface area contributed by atoms with Gasteiger partial charge in [0.1, 0.15) is 11.5 Å². The first-order chi connectivity index (χ1) is 12.7. The van der Waals surface area contributed by atoms with Crippen LogP contribution in [0.4, 0.5) is 19.0 Å². The number of anilines is 1. The summed E-state index contributed by atoms with van der Waals surface area (Å²) in [7, 11) is -0.899. The van der Waals surface area contributed by atoms with Crippen molar-refractivity contribution in [3.05, 3.63) is 57.8 Å². The predicted octanol–water partition coefficient (Wildman–Crippen LogP) is 1.95. The molecule has 0 radical (unpaired) electrons. The van der Waals surface area contributed by atoms with Gasteiger partial charge in [-0.15, -0.1) is 0 Å². The van der Waals surface area contributed by atoms with Crippen LogP contribution in [0, 0.1) is 0 Å². The van der Waals surface area contributed by atoms with Crippen molar-refractivity contribution in [2.45, 2.75) is 19.4 Å². The van der Waals surface area contributed by atoms with Crippen molar-refractivity contribution in [2.24, 2.45) is 0 Å². The Morgan fingerprint density at radius 1 is 1.30 bits per heavy atom. The zero-order valence-electron chi connectivity index (χ0n) is 13.9. The van der Waals surface area contributed by atoms with Crippen LogP contribution in [0.25, 0.3) is 11.5 Å². The van der Waals surface area contributed by atoms with Gasteiger partial charge in [0.05, 0.1) is 17.5 Å². The summed E-state index contributed by atoms with van der Waals surface area (Å²) in [4.78, 5) is 22.1. The van der Waals surface area contributed by atoms with Crippen molar-refractivity contribution >= 4 is 12.9 Å². The zero-order chi connectivity index (χ0) is 19.6. The highest BCUT2D eigenvalue weighted by Crippen LogP contribution is 2.29. The molecule has 27 heavy (non-hydrogen) atoms. The minimum Gasteiger partial charge on any atom is -0.433 e. The second-order valence-corrected chi connectivity index (χ2v) is 5.69. The summed E-state index contributed by atoms with van der Waals surface area (Å²) in [6.07, 6.45) is -2.92. The third kappa shape index (κ3) is 4.53. The maximum Gasteiger partial charge on any atom is 0.439 e. The van der Waals surface area contributed by atoms with E-state index in [1.54, 1.807) is 0 Å². The fraction of sp³-hybridized carbons (Fsp3) is 0.200. The molecule has 140 valence electrons. The number of hydrogen-bond acceptors (Lipinski definition) is 7. The lowest BCUT2D eigenvalue weighted by Crippen LogP contribution is -2.21. The van der Waals surface area contributed by atoms with Gasteiger partial charge >= 0.3 is 19.0 Å². The first-order valence-corrected chi connectivity index (χ1v) is 7.75. The van der Waals surface area contributed by atoms with Crippen LogP contribution in [0.5, 0.6) is 0 Å². The van der Waals surface area contributed by atoms with Crippen molar-refractivity contribution in [3.63, 3.8) is 0 Å². The summed E-state index contributed by atoms with van der Waals surface area (Å²) >= 11 is 0. The van der Waals surface area contributed by atoms with E-state index >= 15 is 0 Å². The number of alkyl halides is 3. The van der Waals surface area contributed by atoms with E-state index in [2.05, 4.69) is 29.9 Å². The number of nitrogens with one attached hydrogen (secondary N) is 2. The highest BCUT2D eigenvalue weighted by Gasteiger charge is 2.30. The Kier molecular flexibility index (Phi) is 4.99. The average Bonchev–Trinajstić information content (AvgIpc) is 3.02. The molecule has 12 heteroatoms. The second-order valence-electron chi connectivity index (χ2n) is 5.69. The SMILES string of the molecule is CB(O)Nc1cnc(Cc2ccc(C(F)(F)F)cc2)c(-c2noc(=O)[nH]2)n1. The van der Waals surface area contributed by atoms with Crippen molar-refractivity contribution in [1.29, 1.82) is 0 Å². The summed E-state index contributed by atoms with van der Waals surface area (Å²) in [6, 6.07) is 4.62. The predicted molar refractivity (Wildman–Crippen MR) is 89.9 cm³/mol. The quantitative estimate of drug-likeness (QED) is 0.580. The van der Waals surface area contributed by atoms with E-state index in [4.69, 9.17) is 0 Å². The smallest absolute Gasteiger partial charge is 0.433 e. The van der Waals surface area contributed by atoms with Crippen molar-refractivity contribution in [2.75, 3.05) is 5.23 Å². The van der Waals surface area contributed by atoms with E-state index in [9.17, 15) is 23.0 Å². The van der Waals surface area contributed by atoms with Gasteiger partial charge in [-0.3, -0.25) is 14.5 Å². The monoisotopic (exact) mass is 379 g/mol. The van der Waals surface area contributed by atoms with E-state index in [1.807, 2.05) is 0 Å². The maximum absolute atomic E-state index is 12.7. The molecule has 3 rings (SSSR count). The molecule has 2 heterocycles. The Hall–Kier alpha value is -3.15. The van der Waals surface area contributed by atoms with Gasteiger partial charge < -0.3 is 10.3 Å². The topological polar surface area (TPSA) is 117 Å². The molecule has 0 saturated carbocycles. The number of H-pyrrole nitrogens is 1. The molecule has 2 aromatic heterocycles. The molecule has 0 aliphatic rings. The molecule has 0 bridgehead atoms. The molecule has 0 atom stereocenters.